The molecule has 1 N–H and O–H groups in total. The first-order chi connectivity index (χ1) is 14.9. The number of hydrogen-bond acceptors (Lipinski definition) is 7. The zero-order valence-electron chi connectivity index (χ0n) is 16.6. The zero-order chi connectivity index (χ0) is 22.4. The van der Waals surface area contributed by atoms with Crippen LogP contribution in [0.4, 0.5) is 5.69 Å². The molecule has 7 nitrogen and oxygen atoms in total. The van der Waals surface area contributed by atoms with Gasteiger partial charge in [-0.2, -0.15) is 0 Å². The van der Waals surface area contributed by atoms with E-state index in [0.717, 1.165) is 0 Å². The first kappa shape index (κ1) is 23.0. The van der Waals surface area contributed by atoms with E-state index in [1.54, 1.807) is 49.4 Å². The Morgan fingerprint density at radius 2 is 2.03 bits per heavy atom. The van der Waals surface area contributed by atoms with E-state index in [-0.39, 0.29) is 19.1 Å². The lowest BCUT2D eigenvalue weighted by molar-refractivity contribution is -0.145. The highest BCUT2D eigenvalue weighted by molar-refractivity contribution is 8.18. The van der Waals surface area contributed by atoms with E-state index in [4.69, 9.17) is 37.4 Å². The molecule has 10 heteroatoms. The van der Waals surface area contributed by atoms with Crippen molar-refractivity contribution in [2.45, 2.75) is 6.92 Å². The number of halogens is 2. The average molecular weight is 481 g/mol. The van der Waals surface area contributed by atoms with Gasteiger partial charge in [-0.1, -0.05) is 35.3 Å². The molecule has 0 radical (unpaired) electrons. The molecule has 0 unspecified atom stereocenters. The predicted octanol–water partition coefficient (Wildman–Crippen LogP) is 4.84. The van der Waals surface area contributed by atoms with Crippen molar-refractivity contribution in [2.24, 2.45) is 4.99 Å². The van der Waals surface area contributed by atoms with Crippen LogP contribution in [0.3, 0.4) is 0 Å². The normalized spacial score (nSPS) is 15.8. The third-order valence-corrected chi connectivity index (χ3v) is 5.66. The maximum atomic E-state index is 12.3. The summed E-state index contributed by atoms with van der Waals surface area (Å²) in [5.74, 6) is 0.0469. The van der Waals surface area contributed by atoms with Gasteiger partial charge < -0.3 is 19.5 Å². The first-order valence-electron chi connectivity index (χ1n) is 9.11. The molecule has 0 atom stereocenters. The van der Waals surface area contributed by atoms with Gasteiger partial charge in [0.15, 0.2) is 23.3 Å². The monoisotopic (exact) mass is 480 g/mol. The molecule has 31 heavy (non-hydrogen) atoms. The van der Waals surface area contributed by atoms with Crippen LogP contribution in [0, 0.1) is 0 Å². The number of amides is 1. The van der Waals surface area contributed by atoms with Crippen LogP contribution in [0.2, 0.25) is 10.0 Å². The molecule has 0 saturated carbocycles. The summed E-state index contributed by atoms with van der Waals surface area (Å²) in [6.07, 6.45) is 1.69. The van der Waals surface area contributed by atoms with Crippen molar-refractivity contribution in [1.82, 2.24) is 5.32 Å². The van der Waals surface area contributed by atoms with Crippen molar-refractivity contribution < 1.29 is 23.8 Å². The van der Waals surface area contributed by atoms with Crippen LogP contribution in [0.1, 0.15) is 12.5 Å². The molecule has 0 aromatic heterocycles. The van der Waals surface area contributed by atoms with Gasteiger partial charge in [0.05, 0.1) is 34.4 Å². The van der Waals surface area contributed by atoms with Crippen LogP contribution >= 0.6 is 35.0 Å². The number of benzene rings is 2. The van der Waals surface area contributed by atoms with Crippen LogP contribution in [-0.2, 0) is 14.3 Å². The van der Waals surface area contributed by atoms with Gasteiger partial charge >= 0.3 is 5.97 Å². The molecule has 1 saturated heterocycles. The van der Waals surface area contributed by atoms with Crippen molar-refractivity contribution in [1.29, 1.82) is 0 Å². The molecule has 1 amide bonds. The summed E-state index contributed by atoms with van der Waals surface area (Å²) in [5.41, 5.74) is 1.17. The van der Waals surface area contributed by atoms with Crippen LogP contribution in [0.5, 0.6) is 11.5 Å². The average Bonchev–Trinajstić information content (AvgIpc) is 3.09. The van der Waals surface area contributed by atoms with Gasteiger partial charge in [0.25, 0.3) is 5.91 Å². The third-order valence-electron chi connectivity index (χ3n) is 3.94. The van der Waals surface area contributed by atoms with Gasteiger partial charge in [-0.25, -0.2) is 9.79 Å². The minimum Gasteiger partial charge on any atom is -0.493 e. The van der Waals surface area contributed by atoms with Gasteiger partial charge in [0.1, 0.15) is 0 Å². The number of esters is 1. The molecule has 0 spiro atoms. The van der Waals surface area contributed by atoms with Gasteiger partial charge in [-0.05, 0) is 54.6 Å². The number of ether oxygens (including phenoxy) is 3. The third kappa shape index (κ3) is 5.94. The van der Waals surface area contributed by atoms with Gasteiger partial charge in [0, 0.05) is 0 Å². The van der Waals surface area contributed by atoms with Crippen LogP contribution < -0.4 is 14.8 Å². The Balaban J connectivity index is 1.76. The second-order valence-electron chi connectivity index (χ2n) is 6.06. The molecule has 162 valence electrons. The lowest BCUT2D eigenvalue weighted by Gasteiger charge is -2.11. The fourth-order valence-electron chi connectivity index (χ4n) is 2.55. The Bertz CT molecular complexity index is 1070. The number of rotatable bonds is 7. The van der Waals surface area contributed by atoms with Crippen molar-refractivity contribution in [2.75, 3.05) is 20.3 Å². The summed E-state index contributed by atoms with van der Waals surface area (Å²) < 4.78 is 15.6. The first-order valence-corrected chi connectivity index (χ1v) is 10.7. The summed E-state index contributed by atoms with van der Waals surface area (Å²) in [6, 6.07) is 10.2. The Labute approximate surface area is 193 Å². The number of aliphatic imine (C=N–C) groups is 1. The van der Waals surface area contributed by atoms with Crippen molar-refractivity contribution in [3.05, 3.63) is 56.9 Å². The van der Waals surface area contributed by atoms with Crippen molar-refractivity contribution in [3.8, 4) is 11.5 Å². The van der Waals surface area contributed by atoms with E-state index < -0.39 is 5.97 Å². The Hall–Kier alpha value is -2.68. The van der Waals surface area contributed by atoms with E-state index in [0.29, 0.717) is 42.9 Å². The minimum absolute atomic E-state index is 0.227. The van der Waals surface area contributed by atoms with Crippen LogP contribution in [0.25, 0.3) is 6.08 Å². The Kier molecular flexibility index (Phi) is 7.84. The fraction of sp³-hybridized carbons (Fsp3) is 0.190. The zero-order valence-corrected chi connectivity index (χ0v) is 18.9. The van der Waals surface area contributed by atoms with Crippen LogP contribution in [0.15, 0.2) is 46.3 Å². The fourth-order valence-corrected chi connectivity index (χ4v) is 3.73. The standard InChI is InChI=1S/C21H18Cl2N2O5S/c1-3-29-18(26)11-30-15-8-7-12(9-16(15)28-2)10-17-20(27)25-21(31-17)24-14-6-4-5-13(22)19(14)23/h4-10H,3,11H2,1-2H3,(H,24,25,27)/b17-10-. The number of amidine groups is 1. The molecule has 2 aromatic carbocycles. The van der Waals surface area contributed by atoms with E-state index in [2.05, 4.69) is 10.3 Å². The number of thioether (sulfide) groups is 1. The molecule has 1 heterocycles. The highest BCUT2D eigenvalue weighted by Crippen LogP contribution is 2.35. The molecule has 1 aliphatic rings. The highest BCUT2D eigenvalue weighted by Gasteiger charge is 2.24. The van der Waals surface area contributed by atoms with Crippen molar-refractivity contribution in [3.63, 3.8) is 0 Å². The molecular weight excluding hydrogens is 463 g/mol. The van der Waals surface area contributed by atoms with Crippen LogP contribution in [-0.4, -0.2) is 37.4 Å². The quantitative estimate of drug-likeness (QED) is 0.450. The molecule has 1 aliphatic heterocycles. The molecule has 3 rings (SSSR count). The number of nitrogens with one attached hydrogen (secondary N) is 1. The highest BCUT2D eigenvalue weighted by atomic mass is 35.5. The summed E-state index contributed by atoms with van der Waals surface area (Å²) in [7, 11) is 1.49. The predicted molar refractivity (Wildman–Crippen MR) is 122 cm³/mol. The second-order valence-corrected chi connectivity index (χ2v) is 7.87. The maximum Gasteiger partial charge on any atom is 0.344 e. The molecule has 2 aromatic rings. The summed E-state index contributed by atoms with van der Waals surface area (Å²) >= 11 is 13.3. The SMILES string of the molecule is CCOC(=O)COc1ccc(/C=C2\SC(=Nc3cccc(Cl)c3Cl)NC2=O)cc1OC. The topological polar surface area (TPSA) is 86.2 Å². The molecule has 0 aliphatic carbocycles. The van der Waals surface area contributed by atoms with Gasteiger partial charge in [0.2, 0.25) is 0 Å². The minimum atomic E-state index is -0.471. The lowest BCUT2D eigenvalue weighted by atomic mass is 10.2. The number of carbonyl (C=O) groups is 2. The number of carbonyl (C=O) groups excluding carboxylic acids is 2. The number of nitrogens with zero attached hydrogens (tertiary/aromatic N) is 1. The number of methoxy groups -OCH3 is 1. The second kappa shape index (κ2) is 10.6. The maximum absolute atomic E-state index is 12.3. The molecule has 1 fully saturated rings. The van der Waals surface area contributed by atoms with Crippen molar-refractivity contribution >= 4 is 63.8 Å². The Morgan fingerprint density at radius 1 is 1.23 bits per heavy atom. The molecule has 0 bridgehead atoms. The summed E-state index contributed by atoms with van der Waals surface area (Å²) in [5, 5.41) is 3.78. The molecular formula is C21H18Cl2N2O5S. The van der Waals surface area contributed by atoms with Gasteiger partial charge in [-0.15, -0.1) is 0 Å². The van der Waals surface area contributed by atoms with Gasteiger partial charge in [-0.3, -0.25) is 4.79 Å². The van der Waals surface area contributed by atoms with E-state index >= 15 is 0 Å². The smallest absolute Gasteiger partial charge is 0.344 e. The largest absolute Gasteiger partial charge is 0.493 e. The summed E-state index contributed by atoms with van der Waals surface area (Å²) in [6.45, 7) is 1.77. The van der Waals surface area contributed by atoms with E-state index in [9.17, 15) is 9.59 Å². The number of hydrogen-bond donors (Lipinski definition) is 1. The Morgan fingerprint density at radius 3 is 2.77 bits per heavy atom. The summed E-state index contributed by atoms with van der Waals surface area (Å²) in [4.78, 5) is 28.6. The lowest BCUT2D eigenvalue weighted by Crippen LogP contribution is -2.19. The van der Waals surface area contributed by atoms with E-state index in [1.165, 1.54) is 18.9 Å². The van der Waals surface area contributed by atoms with E-state index in [1.807, 2.05) is 0 Å².